The quantitative estimate of drug-likeness (QED) is 0.720. The third-order valence-electron chi connectivity index (χ3n) is 4.01. The zero-order valence-electron chi connectivity index (χ0n) is 11.3. The minimum absolute atomic E-state index is 0.314. The molecule has 1 aliphatic rings. The van der Waals surface area contributed by atoms with E-state index in [-0.39, 0.29) is 5.82 Å². The highest BCUT2D eigenvalue weighted by molar-refractivity contribution is 9.10. The second-order valence-electron chi connectivity index (χ2n) is 5.76. The first-order valence-electron chi connectivity index (χ1n) is 6.88. The molecule has 0 radical (unpaired) electrons. The van der Waals surface area contributed by atoms with Crippen molar-refractivity contribution in [2.75, 3.05) is 5.32 Å². The van der Waals surface area contributed by atoms with Gasteiger partial charge >= 0.3 is 0 Å². The van der Waals surface area contributed by atoms with E-state index in [1.54, 1.807) is 0 Å². The van der Waals surface area contributed by atoms with Gasteiger partial charge in [-0.15, -0.1) is 0 Å². The fraction of sp³-hybridized carbons (Fsp3) is 0.600. The molecule has 0 aromatic heterocycles. The molecule has 1 aliphatic carbocycles. The Bertz CT molecular complexity index is 427. The summed E-state index contributed by atoms with van der Waals surface area (Å²) >= 11 is 9.50. The second-order valence-corrected chi connectivity index (χ2v) is 7.02. The van der Waals surface area contributed by atoms with Crippen LogP contribution in [0.2, 0.25) is 5.02 Å². The normalized spacial score (nSPS) is 23.7. The van der Waals surface area contributed by atoms with Crippen molar-refractivity contribution in [2.24, 2.45) is 11.8 Å². The second kappa shape index (κ2) is 6.45. The van der Waals surface area contributed by atoms with Crippen molar-refractivity contribution in [1.29, 1.82) is 0 Å². The first-order chi connectivity index (χ1) is 8.97. The number of hydrogen-bond acceptors (Lipinski definition) is 1. The largest absolute Gasteiger partial charge is 0.380 e. The fourth-order valence-corrected chi connectivity index (χ4v) is 3.77. The fourth-order valence-electron chi connectivity index (χ4n) is 2.85. The van der Waals surface area contributed by atoms with Crippen molar-refractivity contribution in [1.82, 2.24) is 0 Å². The maximum absolute atomic E-state index is 13.2. The first-order valence-corrected chi connectivity index (χ1v) is 8.05. The first kappa shape index (κ1) is 15.1. The van der Waals surface area contributed by atoms with E-state index in [4.69, 9.17) is 11.6 Å². The Morgan fingerprint density at radius 3 is 2.74 bits per heavy atom. The molecule has 2 atom stereocenters. The molecule has 0 spiro atoms. The van der Waals surface area contributed by atoms with Crippen molar-refractivity contribution in [3.63, 3.8) is 0 Å². The van der Waals surface area contributed by atoms with E-state index < -0.39 is 0 Å². The molecule has 0 aliphatic heterocycles. The smallest absolute Gasteiger partial charge is 0.125 e. The van der Waals surface area contributed by atoms with Crippen molar-refractivity contribution in [3.05, 3.63) is 27.4 Å². The van der Waals surface area contributed by atoms with Gasteiger partial charge in [0.2, 0.25) is 0 Å². The highest BCUT2D eigenvalue weighted by atomic mass is 79.9. The Morgan fingerprint density at radius 2 is 2.11 bits per heavy atom. The maximum atomic E-state index is 13.2. The summed E-state index contributed by atoms with van der Waals surface area (Å²) in [6.07, 6.45) is 4.88. The Hall–Kier alpha value is -0.280. The Balaban J connectivity index is 2.09. The molecule has 1 fully saturated rings. The van der Waals surface area contributed by atoms with Gasteiger partial charge in [0.05, 0.1) is 10.7 Å². The van der Waals surface area contributed by atoms with Gasteiger partial charge in [0.1, 0.15) is 5.82 Å². The van der Waals surface area contributed by atoms with Crippen molar-refractivity contribution in [3.8, 4) is 0 Å². The number of anilines is 1. The molecule has 1 nitrogen and oxygen atoms in total. The molecule has 1 aromatic carbocycles. The van der Waals surface area contributed by atoms with Crippen LogP contribution in [0.3, 0.4) is 0 Å². The molecular formula is C15H20BrClFN. The minimum Gasteiger partial charge on any atom is -0.380 e. The highest BCUT2D eigenvalue weighted by Gasteiger charge is 2.25. The van der Waals surface area contributed by atoms with Crippen LogP contribution in [0, 0.1) is 17.7 Å². The lowest BCUT2D eigenvalue weighted by molar-refractivity contribution is 0.264. The summed E-state index contributed by atoms with van der Waals surface area (Å²) in [5.41, 5.74) is 0.817. The van der Waals surface area contributed by atoms with Gasteiger partial charge in [0.25, 0.3) is 0 Å². The Kier molecular flexibility index (Phi) is 5.13. The maximum Gasteiger partial charge on any atom is 0.125 e. The van der Waals surface area contributed by atoms with E-state index >= 15 is 0 Å². The van der Waals surface area contributed by atoms with Gasteiger partial charge in [-0.3, -0.25) is 0 Å². The average Bonchev–Trinajstić information content (AvgIpc) is 2.34. The summed E-state index contributed by atoms with van der Waals surface area (Å²) in [6, 6.07) is 3.24. The number of rotatable bonds is 3. The summed E-state index contributed by atoms with van der Waals surface area (Å²) < 4.78 is 13.9. The molecular weight excluding hydrogens is 329 g/mol. The van der Waals surface area contributed by atoms with Gasteiger partial charge in [0.15, 0.2) is 0 Å². The van der Waals surface area contributed by atoms with E-state index in [0.29, 0.717) is 15.5 Å². The molecule has 1 aromatic rings. The van der Waals surface area contributed by atoms with Crippen LogP contribution in [-0.4, -0.2) is 6.04 Å². The predicted molar refractivity (Wildman–Crippen MR) is 83.3 cm³/mol. The highest BCUT2D eigenvalue weighted by Crippen LogP contribution is 2.36. The summed E-state index contributed by atoms with van der Waals surface area (Å²) in [7, 11) is 0. The SMILES string of the molecule is CC(C)C1CCCC(Nc2c(Cl)cc(F)cc2Br)C1. The van der Waals surface area contributed by atoms with E-state index in [9.17, 15) is 4.39 Å². The summed E-state index contributed by atoms with van der Waals surface area (Å²) in [4.78, 5) is 0. The van der Waals surface area contributed by atoms with Crippen molar-refractivity contribution < 1.29 is 4.39 Å². The van der Waals surface area contributed by atoms with E-state index in [1.807, 2.05) is 0 Å². The zero-order valence-corrected chi connectivity index (χ0v) is 13.7. The van der Waals surface area contributed by atoms with Gasteiger partial charge in [-0.1, -0.05) is 38.3 Å². The molecule has 2 rings (SSSR count). The number of nitrogens with one attached hydrogen (secondary N) is 1. The van der Waals surface area contributed by atoms with E-state index in [2.05, 4.69) is 35.1 Å². The van der Waals surface area contributed by atoms with Gasteiger partial charge in [-0.25, -0.2) is 4.39 Å². The molecule has 0 saturated heterocycles. The van der Waals surface area contributed by atoms with Gasteiger partial charge < -0.3 is 5.32 Å². The minimum atomic E-state index is -0.314. The van der Waals surface area contributed by atoms with Crippen LogP contribution in [0.25, 0.3) is 0 Å². The Labute approximate surface area is 128 Å². The molecule has 106 valence electrons. The van der Waals surface area contributed by atoms with Crippen LogP contribution in [0.15, 0.2) is 16.6 Å². The van der Waals surface area contributed by atoms with Crippen molar-refractivity contribution in [2.45, 2.75) is 45.6 Å². The third-order valence-corrected chi connectivity index (χ3v) is 4.94. The van der Waals surface area contributed by atoms with Crippen LogP contribution in [0.4, 0.5) is 10.1 Å². The van der Waals surface area contributed by atoms with Crippen LogP contribution in [0.1, 0.15) is 39.5 Å². The molecule has 0 amide bonds. The lowest BCUT2D eigenvalue weighted by Gasteiger charge is -2.33. The molecule has 1 N–H and O–H groups in total. The third kappa shape index (κ3) is 3.85. The number of halogens is 3. The zero-order chi connectivity index (χ0) is 14.0. The summed E-state index contributed by atoms with van der Waals surface area (Å²) in [5.74, 6) is 1.17. The van der Waals surface area contributed by atoms with Crippen LogP contribution in [0.5, 0.6) is 0 Å². The van der Waals surface area contributed by atoms with Gasteiger partial charge in [-0.2, -0.15) is 0 Å². The molecule has 19 heavy (non-hydrogen) atoms. The van der Waals surface area contributed by atoms with E-state index in [0.717, 1.165) is 30.4 Å². The Morgan fingerprint density at radius 1 is 1.37 bits per heavy atom. The summed E-state index contributed by atoms with van der Waals surface area (Å²) in [6.45, 7) is 4.57. The summed E-state index contributed by atoms with van der Waals surface area (Å²) in [5, 5.41) is 3.93. The van der Waals surface area contributed by atoms with Gasteiger partial charge in [-0.05, 0) is 52.7 Å². The lowest BCUT2D eigenvalue weighted by atomic mass is 9.79. The van der Waals surface area contributed by atoms with Gasteiger partial charge in [0, 0.05) is 10.5 Å². The molecule has 2 unspecified atom stereocenters. The van der Waals surface area contributed by atoms with Crippen LogP contribution < -0.4 is 5.32 Å². The number of benzene rings is 1. The number of hydrogen-bond donors (Lipinski definition) is 1. The lowest BCUT2D eigenvalue weighted by Crippen LogP contribution is -2.29. The molecule has 1 saturated carbocycles. The predicted octanol–water partition coefficient (Wildman–Crippen LogP) is 5.87. The average molecular weight is 349 g/mol. The molecule has 0 bridgehead atoms. The van der Waals surface area contributed by atoms with E-state index in [1.165, 1.54) is 25.0 Å². The molecule has 4 heteroatoms. The monoisotopic (exact) mass is 347 g/mol. The van der Waals surface area contributed by atoms with Crippen LogP contribution >= 0.6 is 27.5 Å². The van der Waals surface area contributed by atoms with Crippen molar-refractivity contribution >= 4 is 33.2 Å². The van der Waals surface area contributed by atoms with Crippen LogP contribution in [-0.2, 0) is 0 Å². The standard InChI is InChI=1S/C15H20BrClFN/c1-9(2)10-4-3-5-12(6-10)19-15-13(16)7-11(18)8-14(15)17/h7-10,12,19H,3-6H2,1-2H3. The topological polar surface area (TPSA) is 12.0 Å². The molecule has 0 heterocycles.